The lowest BCUT2D eigenvalue weighted by Crippen LogP contribution is -2.30. The lowest BCUT2D eigenvalue weighted by atomic mass is 10.4. The van der Waals surface area contributed by atoms with Gasteiger partial charge in [-0.3, -0.25) is 4.79 Å². The van der Waals surface area contributed by atoms with Crippen molar-refractivity contribution in [3.63, 3.8) is 0 Å². The third-order valence-corrected chi connectivity index (χ3v) is 4.49. The van der Waals surface area contributed by atoms with Gasteiger partial charge in [0.1, 0.15) is 5.69 Å². The highest BCUT2D eigenvalue weighted by Gasteiger charge is 2.33. The molecule has 0 aliphatic carbocycles. The summed E-state index contributed by atoms with van der Waals surface area (Å²) in [5.41, 5.74) is -1.56. The van der Waals surface area contributed by atoms with Crippen LogP contribution in [0.15, 0.2) is 53.8 Å². The maximum Gasteiger partial charge on any atom is 0.434 e. The first-order valence-electron chi connectivity index (χ1n) is 6.71. The van der Waals surface area contributed by atoms with E-state index in [1.54, 1.807) is 6.07 Å². The average molecular weight is 370 g/mol. The summed E-state index contributed by atoms with van der Waals surface area (Å²) in [5, 5.41) is 0. The lowest BCUT2D eigenvalue weighted by Gasteiger charge is -2.04. The first-order valence-corrected chi connectivity index (χ1v) is 8.19. The van der Waals surface area contributed by atoms with Crippen molar-refractivity contribution < 1.29 is 26.4 Å². The molecule has 7 nitrogen and oxygen atoms in total. The highest BCUT2D eigenvalue weighted by atomic mass is 32.2. The molecule has 0 saturated carbocycles. The summed E-state index contributed by atoms with van der Waals surface area (Å²) >= 11 is 0. The van der Waals surface area contributed by atoms with Gasteiger partial charge in [-0.15, -0.1) is 0 Å². The van der Waals surface area contributed by atoms with Crippen LogP contribution in [-0.4, -0.2) is 28.7 Å². The number of halogens is 3. The molecule has 2 aromatic heterocycles. The topological polar surface area (TPSA) is 93.4 Å². The van der Waals surface area contributed by atoms with Crippen molar-refractivity contribution in [3.8, 4) is 0 Å². The number of benzene rings is 1. The number of hydrogen-bond acceptors (Lipinski definition) is 5. The maximum absolute atomic E-state index is 12.6. The second-order valence-electron chi connectivity index (χ2n) is 4.91. The van der Waals surface area contributed by atoms with E-state index in [1.807, 2.05) is 4.72 Å². The van der Waals surface area contributed by atoms with Gasteiger partial charge < -0.3 is 4.40 Å². The number of aromatic nitrogens is 3. The molecule has 0 unspecified atom stereocenters. The molecule has 0 spiro atoms. The van der Waals surface area contributed by atoms with Crippen molar-refractivity contribution in [2.75, 3.05) is 0 Å². The van der Waals surface area contributed by atoms with Crippen molar-refractivity contribution in [3.05, 3.63) is 60.3 Å². The molecular formula is C14H9F3N4O3S. The van der Waals surface area contributed by atoms with Crippen LogP contribution in [0.5, 0.6) is 0 Å². The van der Waals surface area contributed by atoms with E-state index in [-0.39, 0.29) is 16.2 Å². The summed E-state index contributed by atoms with van der Waals surface area (Å²) in [6, 6.07) is 7.15. The van der Waals surface area contributed by atoms with Crippen LogP contribution in [0.3, 0.4) is 0 Å². The van der Waals surface area contributed by atoms with Gasteiger partial charge in [-0.25, -0.2) is 23.1 Å². The zero-order valence-corrected chi connectivity index (χ0v) is 13.0. The van der Waals surface area contributed by atoms with Crippen LogP contribution in [-0.2, 0) is 16.2 Å². The predicted octanol–water partition coefficient (Wildman–Crippen LogP) is 1.87. The van der Waals surface area contributed by atoms with Gasteiger partial charge in [0.25, 0.3) is 15.9 Å². The summed E-state index contributed by atoms with van der Waals surface area (Å²) in [6.45, 7) is 0. The number of carbonyl (C=O) groups excluding carboxylic acids is 1. The van der Waals surface area contributed by atoms with Crippen molar-refractivity contribution in [1.82, 2.24) is 19.1 Å². The molecule has 3 rings (SSSR count). The molecule has 0 fully saturated rings. The number of nitrogens with zero attached hydrogens (tertiary/aromatic N) is 3. The van der Waals surface area contributed by atoms with Crippen LogP contribution in [0, 0.1) is 0 Å². The van der Waals surface area contributed by atoms with E-state index in [9.17, 15) is 26.4 Å². The zero-order valence-electron chi connectivity index (χ0n) is 12.2. The minimum Gasteiger partial charge on any atom is -0.303 e. The number of fused-ring (bicyclic) bond motifs is 1. The molecule has 1 amide bonds. The molecule has 2 heterocycles. The second kappa shape index (κ2) is 5.84. The van der Waals surface area contributed by atoms with Gasteiger partial charge in [-0.2, -0.15) is 13.2 Å². The van der Waals surface area contributed by atoms with Crippen LogP contribution in [0.25, 0.3) is 5.65 Å². The molecule has 25 heavy (non-hydrogen) atoms. The molecule has 1 N–H and O–H groups in total. The quantitative estimate of drug-likeness (QED) is 0.760. The Bertz CT molecular complexity index is 1050. The fourth-order valence-electron chi connectivity index (χ4n) is 1.99. The Kier molecular flexibility index (Phi) is 3.95. The summed E-state index contributed by atoms with van der Waals surface area (Å²) in [5.74, 6) is -1.07. The van der Waals surface area contributed by atoms with Crippen molar-refractivity contribution in [1.29, 1.82) is 0 Å². The Morgan fingerprint density at radius 1 is 1.12 bits per heavy atom. The molecule has 0 atom stereocenters. The molecule has 0 aliphatic rings. The molecule has 0 radical (unpaired) electrons. The van der Waals surface area contributed by atoms with Gasteiger partial charge in [-0.1, -0.05) is 18.2 Å². The van der Waals surface area contributed by atoms with E-state index < -0.39 is 27.8 Å². The fourth-order valence-corrected chi connectivity index (χ4v) is 2.97. The normalized spacial score (nSPS) is 12.3. The SMILES string of the molecule is O=C(NS(=O)(=O)c1ccccc1)c1cn2cc(C(F)(F)F)ncc2n1. The molecular weight excluding hydrogens is 361 g/mol. The Balaban J connectivity index is 1.90. The van der Waals surface area contributed by atoms with E-state index in [0.717, 1.165) is 16.8 Å². The van der Waals surface area contributed by atoms with E-state index in [2.05, 4.69) is 9.97 Å². The summed E-state index contributed by atoms with van der Waals surface area (Å²) in [7, 11) is -4.12. The summed E-state index contributed by atoms with van der Waals surface area (Å²) in [6.07, 6.45) is -2.17. The van der Waals surface area contributed by atoms with E-state index in [4.69, 9.17) is 0 Å². The molecule has 130 valence electrons. The predicted molar refractivity (Wildman–Crippen MR) is 79.1 cm³/mol. The highest BCUT2D eigenvalue weighted by molar-refractivity contribution is 7.90. The van der Waals surface area contributed by atoms with Gasteiger partial charge in [0, 0.05) is 12.4 Å². The molecule has 11 heteroatoms. The third kappa shape index (κ3) is 3.45. The Morgan fingerprint density at radius 3 is 2.44 bits per heavy atom. The Labute approximate surface area is 139 Å². The standard InChI is InChI=1S/C14H9F3N4O3S/c15-14(16,17)11-8-21-7-10(19-12(21)6-18-11)13(22)20-25(23,24)9-4-2-1-3-5-9/h1-8H,(H,20,22). The number of nitrogens with one attached hydrogen (secondary N) is 1. The molecule has 0 aliphatic heterocycles. The van der Waals surface area contributed by atoms with Crippen molar-refractivity contribution in [2.24, 2.45) is 0 Å². The molecule has 0 saturated heterocycles. The van der Waals surface area contributed by atoms with Crippen LogP contribution in [0.2, 0.25) is 0 Å². The largest absolute Gasteiger partial charge is 0.434 e. The Hall–Kier alpha value is -2.95. The number of carbonyl (C=O) groups is 1. The van der Waals surface area contributed by atoms with E-state index in [0.29, 0.717) is 6.20 Å². The van der Waals surface area contributed by atoms with Crippen LogP contribution >= 0.6 is 0 Å². The molecule has 3 aromatic rings. The second-order valence-corrected chi connectivity index (χ2v) is 6.59. The number of sulfonamides is 1. The summed E-state index contributed by atoms with van der Waals surface area (Å²) < 4.78 is 64.8. The maximum atomic E-state index is 12.6. The van der Waals surface area contributed by atoms with Crippen LogP contribution in [0.1, 0.15) is 16.2 Å². The van der Waals surface area contributed by atoms with Gasteiger partial charge in [0.15, 0.2) is 11.3 Å². The van der Waals surface area contributed by atoms with Gasteiger partial charge in [0.2, 0.25) is 0 Å². The average Bonchev–Trinajstić information content (AvgIpc) is 2.98. The first kappa shape index (κ1) is 16.9. The third-order valence-electron chi connectivity index (χ3n) is 3.15. The van der Waals surface area contributed by atoms with Crippen molar-refractivity contribution in [2.45, 2.75) is 11.1 Å². The Morgan fingerprint density at radius 2 is 1.80 bits per heavy atom. The monoisotopic (exact) mass is 370 g/mol. The zero-order chi connectivity index (χ0) is 18.2. The fraction of sp³-hybridized carbons (Fsp3) is 0.0714. The number of hydrogen-bond donors (Lipinski definition) is 1. The first-order chi connectivity index (χ1) is 11.7. The number of imidazole rings is 1. The van der Waals surface area contributed by atoms with Crippen molar-refractivity contribution >= 4 is 21.6 Å². The lowest BCUT2D eigenvalue weighted by molar-refractivity contribution is -0.141. The van der Waals surface area contributed by atoms with Crippen LogP contribution in [0.4, 0.5) is 13.2 Å². The molecule has 1 aromatic carbocycles. The van der Waals surface area contributed by atoms with Gasteiger partial charge in [-0.05, 0) is 12.1 Å². The van der Waals surface area contributed by atoms with Gasteiger partial charge in [0.05, 0.1) is 11.1 Å². The number of rotatable bonds is 3. The summed E-state index contributed by atoms with van der Waals surface area (Å²) in [4.78, 5) is 18.9. The van der Waals surface area contributed by atoms with E-state index >= 15 is 0 Å². The number of amides is 1. The van der Waals surface area contributed by atoms with Gasteiger partial charge >= 0.3 is 6.18 Å². The number of alkyl halides is 3. The van der Waals surface area contributed by atoms with E-state index in [1.165, 1.54) is 24.3 Å². The smallest absolute Gasteiger partial charge is 0.303 e. The minimum atomic E-state index is -4.66. The molecule has 0 bridgehead atoms. The highest BCUT2D eigenvalue weighted by Crippen LogP contribution is 2.27. The van der Waals surface area contributed by atoms with Crippen LogP contribution < -0.4 is 4.72 Å². The minimum absolute atomic E-state index is 0.0322.